The second-order valence-corrected chi connectivity index (χ2v) is 5.85. The first-order valence-corrected chi connectivity index (χ1v) is 7.38. The molecular formula is C15H17ClN2O3. The number of ether oxygens (including phenoxy) is 1. The molecule has 3 unspecified atom stereocenters. The van der Waals surface area contributed by atoms with Crippen molar-refractivity contribution in [2.45, 2.75) is 36.9 Å². The molecule has 112 valence electrons. The van der Waals surface area contributed by atoms with Crippen molar-refractivity contribution in [3.05, 3.63) is 34.9 Å². The summed E-state index contributed by atoms with van der Waals surface area (Å²) in [4.78, 5) is 17.2. The molecule has 1 aliphatic carbocycles. The molecule has 2 aliphatic rings. The molecule has 5 nitrogen and oxygen atoms in total. The van der Waals surface area contributed by atoms with E-state index in [2.05, 4.69) is 4.99 Å². The maximum Gasteiger partial charge on any atom is 0.205 e. The average Bonchev–Trinajstić information content (AvgIpc) is 2.47. The van der Waals surface area contributed by atoms with Crippen LogP contribution in [-0.4, -0.2) is 35.5 Å². The van der Waals surface area contributed by atoms with Crippen LogP contribution in [0.3, 0.4) is 0 Å². The van der Waals surface area contributed by atoms with E-state index in [1.807, 2.05) is 18.2 Å². The molecule has 6 heteroatoms. The number of ketones is 1. The number of nitrogens with zero attached hydrogens (tertiary/aromatic N) is 1. The molecule has 1 aliphatic heterocycles. The summed E-state index contributed by atoms with van der Waals surface area (Å²) >= 11 is 6.28. The van der Waals surface area contributed by atoms with Crippen molar-refractivity contribution in [1.29, 1.82) is 0 Å². The summed E-state index contributed by atoms with van der Waals surface area (Å²) in [6.07, 6.45) is 1.49. The minimum atomic E-state index is -1.03. The molecule has 1 aromatic carbocycles. The first-order chi connectivity index (χ1) is 10.1. The van der Waals surface area contributed by atoms with Crippen molar-refractivity contribution in [3.8, 4) is 0 Å². The maximum absolute atomic E-state index is 12.7. The Kier molecular flexibility index (Phi) is 3.73. The number of nitrogens with two attached hydrogens (primary N) is 1. The Hall–Kier alpha value is -1.43. The van der Waals surface area contributed by atoms with Gasteiger partial charge in [0.05, 0.1) is 6.61 Å². The minimum absolute atomic E-state index is 0.0734. The fourth-order valence-electron chi connectivity index (χ4n) is 3.02. The van der Waals surface area contributed by atoms with Crippen LogP contribution < -0.4 is 5.73 Å². The number of carbonyl (C=O) groups excluding carboxylic acids is 1. The predicted molar refractivity (Wildman–Crippen MR) is 79.4 cm³/mol. The van der Waals surface area contributed by atoms with Gasteiger partial charge in [0.15, 0.2) is 11.6 Å². The lowest BCUT2D eigenvalue weighted by atomic mass is 9.74. The Balaban J connectivity index is 2.16. The van der Waals surface area contributed by atoms with Crippen molar-refractivity contribution in [2.75, 3.05) is 6.61 Å². The van der Waals surface area contributed by atoms with E-state index in [-0.39, 0.29) is 18.3 Å². The monoisotopic (exact) mass is 308 g/mol. The lowest BCUT2D eigenvalue weighted by Crippen LogP contribution is -2.54. The third kappa shape index (κ3) is 2.25. The normalized spacial score (nSPS) is 29.6. The second-order valence-electron chi connectivity index (χ2n) is 5.44. The number of fused-ring (bicyclic) bond motifs is 2. The van der Waals surface area contributed by atoms with Gasteiger partial charge in [-0.2, -0.15) is 0 Å². The van der Waals surface area contributed by atoms with E-state index in [0.717, 1.165) is 6.42 Å². The molecule has 21 heavy (non-hydrogen) atoms. The van der Waals surface area contributed by atoms with Crippen LogP contribution >= 0.6 is 11.6 Å². The molecule has 1 heterocycles. The van der Waals surface area contributed by atoms with Crippen molar-refractivity contribution in [3.63, 3.8) is 0 Å². The topological polar surface area (TPSA) is 84.9 Å². The predicted octanol–water partition coefficient (Wildman–Crippen LogP) is 1.41. The first-order valence-electron chi connectivity index (χ1n) is 7.00. The molecule has 1 aromatic rings. The zero-order valence-corrected chi connectivity index (χ0v) is 12.2. The SMILES string of the molecule is NC(CO)C1=NC2(c3ccccc3Cl)CCCC(O1)C2=O. The largest absolute Gasteiger partial charge is 0.468 e. The van der Waals surface area contributed by atoms with Gasteiger partial charge in [0, 0.05) is 10.6 Å². The highest BCUT2D eigenvalue weighted by Gasteiger charge is 2.52. The van der Waals surface area contributed by atoms with E-state index in [9.17, 15) is 9.90 Å². The molecule has 3 N–H and O–H groups in total. The third-order valence-corrected chi connectivity index (χ3v) is 4.43. The molecular weight excluding hydrogens is 292 g/mol. The lowest BCUT2D eigenvalue weighted by Gasteiger charge is -2.42. The number of Topliss-reactive ketones (excluding diaryl/α,β-unsaturated/α-hetero) is 1. The van der Waals surface area contributed by atoms with Crippen molar-refractivity contribution in [2.24, 2.45) is 10.7 Å². The Bertz CT molecular complexity index is 604. The van der Waals surface area contributed by atoms with E-state index in [4.69, 9.17) is 22.1 Å². The quantitative estimate of drug-likeness (QED) is 0.884. The number of carbonyl (C=O) groups is 1. The van der Waals surface area contributed by atoms with Gasteiger partial charge in [0.1, 0.15) is 6.04 Å². The van der Waals surface area contributed by atoms with Crippen LogP contribution in [0.5, 0.6) is 0 Å². The number of aliphatic hydroxyl groups excluding tert-OH is 1. The van der Waals surface area contributed by atoms with E-state index < -0.39 is 17.7 Å². The van der Waals surface area contributed by atoms with Crippen LogP contribution in [0.2, 0.25) is 5.02 Å². The van der Waals surface area contributed by atoms with Gasteiger partial charge in [0.25, 0.3) is 0 Å². The van der Waals surface area contributed by atoms with Crippen LogP contribution in [0.4, 0.5) is 0 Å². The zero-order valence-electron chi connectivity index (χ0n) is 11.5. The second kappa shape index (κ2) is 5.40. The standard InChI is InChI=1S/C15H17ClN2O3/c16-10-5-2-1-4-9(10)15-7-3-6-12(13(15)20)21-14(18-15)11(17)8-19/h1-2,4-5,11-12,19H,3,6-8,17H2. The van der Waals surface area contributed by atoms with Crippen LogP contribution in [-0.2, 0) is 15.1 Å². The van der Waals surface area contributed by atoms with Crippen LogP contribution in [0, 0.1) is 0 Å². The van der Waals surface area contributed by atoms with Gasteiger partial charge in [-0.25, -0.2) is 4.99 Å². The zero-order chi connectivity index (χ0) is 15.0. The van der Waals surface area contributed by atoms with Crippen molar-refractivity contribution < 1.29 is 14.6 Å². The van der Waals surface area contributed by atoms with Crippen LogP contribution in [0.15, 0.2) is 29.3 Å². The number of benzene rings is 1. The van der Waals surface area contributed by atoms with E-state index in [1.54, 1.807) is 6.07 Å². The first kappa shape index (κ1) is 14.5. The van der Waals surface area contributed by atoms with Gasteiger partial charge in [-0.3, -0.25) is 4.79 Å². The van der Waals surface area contributed by atoms with E-state index >= 15 is 0 Å². The average molecular weight is 309 g/mol. The molecule has 1 fully saturated rings. The molecule has 3 atom stereocenters. The van der Waals surface area contributed by atoms with Crippen molar-refractivity contribution >= 4 is 23.3 Å². The maximum atomic E-state index is 12.7. The van der Waals surface area contributed by atoms with Gasteiger partial charge in [-0.1, -0.05) is 29.8 Å². The van der Waals surface area contributed by atoms with Gasteiger partial charge in [0.2, 0.25) is 11.7 Å². The molecule has 0 radical (unpaired) electrons. The van der Waals surface area contributed by atoms with Crippen LogP contribution in [0.1, 0.15) is 24.8 Å². The fourth-order valence-corrected chi connectivity index (χ4v) is 3.31. The van der Waals surface area contributed by atoms with Gasteiger partial charge >= 0.3 is 0 Å². The molecule has 0 saturated heterocycles. The molecule has 0 amide bonds. The summed E-state index contributed by atoms with van der Waals surface area (Å²) in [5.41, 5.74) is 5.48. The summed E-state index contributed by atoms with van der Waals surface area (Å²) < 4.78 is 5.58. The highest BCUT2D eigenvalue weighted by molar-refractivity contribution is 6.32. The summed E-state index contributed by atoms with van der Waals surface area (Å²) in [6, 6.07) is 6.50. The summed E-state index contributed by atoms with van der Waals surface area (Å²) in [6.45, 7) is -0.279. The fraction of sp³-hybridized carbons (Fsp3) is 0.467. The number of hydrogen-bond acceptors (Lipinski definition) is 5. The summed E-state index contributed by atoms with van der Waals surface area (Å²) in [5, 5.41) is 9.74. The molecule has 0 spiro atoms. The third-order valence-electron chi connectivity index (χ3n) is 4.10. The summed E-state index contributed by atoms with van der Waals surface area (Å²) in [5.74, 6) is 0.164. The smallest absolute Gasteiger partial charge is 0.205 e. The van der Waals surface area contributed by atoms with E-state index in [0.29, 0.717) is 23.4 Å². The Morgan fingerprint density at radius 3 is 3.00 bits per heavy atom. The lowest BCUT2D eigenvalue weighted by molar-refractivity contribution is -0.137. The highest BCUT2D eigenvalue weighted by atomic mass is 35.5. The number of hydrogen-bond donors (Lipinski definition) is 2. The number of aliphatic imine (C=N–C) groups is 1. The van der Waals surface area contributed by atoms with Crippen molar-refractivity contribution in [1.82, 2.24) is 0 Å². The Labute approximate surface area is 127 Å². The highest BCUT2D eigenvalue weighted by Crippen LogP contribution is 2.44. The van der Waals surface area contributed by atoms with Gasteiger partial charge < -0.3 is 15.6 Å². The number of halogens is 1. The Morgan fingerprint density at radius 1 is 1.52 bits per heavy atom. The minimum Gasteiger partial charge on any atom is -0.468 e. The number of rotatable bonds is 3. The van der Waals surface area contributed by atoms with Gasteiger partial charge in [-0.15, -0.1) is 0 Å². The molecule has 2 bridgehead atoms. The molecule has 1 saturated carbocycles. The van der Waals surface area contributed by atoms with Crippen LogP contribution in [0.25, 0.3) is 0 Å². The number of aliphatic hydroxyl groups is 1. The Morgan fingerprint density at radius 2 is 2.29 bits per heavy atom. The molecule has 3 rings (SSSR count). The molecule has 0 aromatic heterocycles. The van der Waals surface area contributed by atoms with Gasteiger partial charge in [-0.05, 0) is 25.3 Å². The summed E-state index contributed by atoms with van der Waals surface area (Å²) in [7, 11) is 0. The van der Waals surface area contributed by atoms with E-state index in [1.165, 1.54) is 0 Å².